The minimum absolute atomic E-state index is 0.379. The van der Waals surface area contributed by atoms with Crippen LogP contribution >= 0.6 is 0 Å². The molecular formula is C18H27N3. The Morgan fingerprint density at radius 2 is 1.76 bits per heavy atom. The maximum atomic E-state index is 4.08. The van der Waals surface area contributed by atoms with E-state index in [0.29, 0.717) is 12.1 Å². The van der Waals surface area contributed by atoms with Crippen molar-refractivity contribution in [3.05, 3.63) is 48.5 Å². The molecule has 0 spiro atoms. The van der Waals surface area contributed by atoms with Crippen molar-refractivity contribution < 1.29 is 0 Å². The van der Waals surface area contributed by atoms with E-state index in [1.807, 2.05) is 17.1 Å². The fourth-order valence-electron chi connectivity index (χ4n) is 2.54. The molecule has 114 valence electrons. The first-order valence-electron chi connectivity index (χ1n) is 7.90. The molecule has 0 aliphatic carbocycles. The second kappa shape index (κ2) is 7.41. The van der Waals surface area contributed by atoms with Crippen molar-refractivity contribution >= 4 is 0 Å². The van der Waals surface area contributed by atoms with Crippen molar-refractivity contribution in [2.45, 2.75) is 52.6 Å². The van der Waals surface area contributed by atoms with Gasteiger partial charge in [0.1, 0.15) is 0 Å². The summed E-state index contributed by atoms with van der Waals surface area (Å²) in [6, 6.07) is 9.62. The zero-order valence-corrected chi connectivity index (χ0v) is 13.6. The van der Waals surface area contributed by atoms with Crippen LogP contribution in [0.1, 0.15) is 52.1 Å². The van der Waals surface area contributed by atoms with Gasteiger partial charge in [-0.05, 0) is 50.3 Å². The molecule has 0 fully saturated rings. The number of aromatic nitrogens is 2. The SMILES string of the molecule is CC(C)CCC(C)NC(C)c1ccc(-n2ccnc2)cc1. The molecule has 2 aromatic rings. The Kier molecular flexibility index (Phi) is 5.57. The molecule has 0 aliphatic heterocycles. The van der Waals surface area contributed by atoms with Crippen LogP contribution < -0.4 is 5.32 Å². The summed E-state index contributed by atoms with van der Waals surface area (Å²) in [5, 5.41) is 3.69. The minimum Gasteiger partial charge on any atom is -0.308 e. The maximum Gasteiger partial charge on any atom is 0.0991 e. The summed E-state index contributed by atoms with van der Waals surface area (Å²) >= 11 is 0. The van der Waals surface area contributed by atoms with E-state index in [1.165, 1.54) is 18.4 Å². The quantitative estimate of drug-likeness (QED) is 0.819. The van der Waals surface area contributed by atoms with E-state index in [4.69, 9.17) is 0 Å². The molecular weight excluding hydrogens is 258 g/mol. The number of benzene rings is 1. The molecule has 0 amide bonds. The van der Waals surface area contributed by atoms with Gasteiger partial charge in [-0.1, -0.05) is 26.0 Å². The van der Waals surface area contributed by atoms with E-state index < -0.39 is 0 Å². The molecule has 2 rings (SSSR count). The summed E-state index contributed by atoms with van der Waals surface area (Å²) in [7, 11) is 0. The average molecular weight is 285 g/mol. The van der Waals surface area contributed by atoms with Crippen molar-refractivity contribution in [2.75, 3.05) is 0 Å². The Hall–Kier alpha value is -1.61. The third-order valence-corrected chi connectivity index (χ3v) is 3.91. The largest absolute Gasteiger partial charge is 0.308 e. The van der Waals surface area contributed by atoms with Crippen LogP contribution in [-0.2, 0) is 0 Å². The first-order chi connectivity index (χ1) is 10.1. The van der Waals surface area contributed by atoms with E-state index in [0.717, 1.165) is 11.6 Å². The Balaban J connectivity index is 1.92. The van der Waals surface area contributed by atoms with E-state index in [9.17, 15) is 0 Å². The molecule has 3 heteroatoms. The molecule has 0 bridgehead atoms. The van der Waals surface area contributed by atoms with Gasteiger partial charge in [0.15, 0.2) is 0 Å². The van der Waals surface area contributed by atoms with Gasteiger partial charge in [0.2, 0.25) is 0 Å². The van der Waals surface area contributed by atoms with Gasteiger partial charge in [0.05, 0.1) is 6.33 Å². The second-order valence-electron chi connectivity index (χ2n) is 6.32. The first-order valence-corrected chi connectivity index (χ1v) is 7.90. The highest BCUT2D eigenvalue weighted by Gasteiger charge is 2.10. The predicted octanol–water partition coefficient (Wildman–Crippen LogP) is 4.35. The molecule has 1 heterocycles. The van der Waals surface area contributed by atoms with Crippen LogP contribution in [0.3, 0.4) is 0 Å². The third kappa shape index (κ3) is 4.71. The molecule has 1 N–H and O–H groups in total. The normalized spacial score (nSPS) is 14.3. The average Bonchev–Trinajstić information content (AvgIpc) is 2.99. The predicted molar refractivity (Wildman–Crippen MR) is 88.6 cm³/mol. The molecule has 0 saturated heterocycles. The van der Waals surface area contributed by atoms with Crippen molar-refractivity contribution in [1.29, 1.82) is 0 Å². The summed E-state index contributed by atoms with van der Waals surface area (Å²) in [4.78, 5) is 4.08. The molecule has 0 radical (unpaired) electrons. The molecule has 0 saturated carbocycles. The van der Waals surface area contributed by atoms with Crippen molar-refractivity contribution in [3.8, 4) is 5.69 Å². The minimum atomic E-state index is 0.379. The summed E-state index contributed by atoms with van der Waals surface area (Å²) in [5.41, 5.74) is 2.48. The molecule has 3 nitrogen and oxygen atoms in total. The lowest BCUT2D eigenvalue weighted by Gasteiger charge is -2.21. The lowest BCUT2D eigenvalue weighted by molar-refractivity contribution is 0.417. The standard InChI is InChI=1S/C18H27N3/c1-14(2)5-6-15(3)20-16(4)17-7-9-18(10-8-17)21-12-11-19-13-21/h7-16,20H,5-6H2,1-4H3. The second-order valence-corrected chi connectivity index (χ2v) is 6.32. The Morgan fingerprint density at radius 1 is 1.05 bits per heavy atom. The van der Waals surface area contributed by atoms with Crippen LogP contribution in [0.25, 0.3) is 5.69 Å². The van der Waals surface area contributed by atoms with Crippen LogP contribution in [0.5, 0.6) is 0 Å². The molecule has 2 unspecified atom stereocenters. The Morgan fingerprint density at radius 3 is 2.33 bits per heavy atom. The Labute approximate surface area is 128 Å². The van der Waals surface area contributed by atoms with Crippen LogP contribution in [0, 0.1) is 5.92 Å². The number of imidazole rings is 1. The van der Waals surface area contributed by atoms with Gasteiger partial charge in [-0.3, -0.25) is 0 Å². The van der Waals surface area contributed by atoms with E-state index in [1.54, 1.807) is 6.20 Å². The number of hydrogen-bond acceptors (Lipinski definition) is 2. The van der Waals surface area contributed by atoms with Gasteiger partial charge in [0, 0.05) is 30.2 Å². The highest BCUT2D eigenvalue weighted by molar-refractivity contribution is 5.35. The van der Waals surface area contributed by atoms with Crippen molar-refractivity contribution in [2.24, 2.45) is 5.92 Å². The van der Waals surface area contributed by atoms with Gasteiger partial charge in [0.25, 0.3) is 0 Å². The number of nitrogens with zero attached hydrogens (tertiary/aromatic N) is 2. The lowest BCUT2D eigenvalue weighted by atomic mass is 10.0. The number of hydrogen-bond donors (Lipinski definition) is 1. The maximum absolute atomic E-state index is 4.08. The lowest BCUT2D eigenvalue weighted by Crippen LogP contribution is -2.29. The zero-order valence-electron chi connectivity index (χ0n) is 13.6. The smallest absolute Gasteiger partial charge is 0.0991 e. The number of rotatable bonds is 7. The molecule has 0 aliphatic rings. The first kappa shape index (κ1) is 15.8. The van der Waals surface area contributed by atoms with Gasteiger partial charge >= 0.3 is 0 Å². The van der Waals surface area contributed by atoms with Crippen LogP contribution in [0.15, 0.2) is 43.0 Å². The van der Waals surface area contributed by atoms with Gasteiger partial charge in [-0.25, -0.2) is 4.98 Å². The van der Waals surface area contributed by atoms with E-state index in [-0.39, 0.29) is 0 Å². The highest BCUT2D eigenvalue weighted by Crippen LogP contribution is 2.17. The Bertz CT molecular complexity index is 514. The third-order valence-electron chi connectivity index (χ3n) is 3.91. The zero-order chi connectivity index (χ0) is 15.2. The van der Waals surface area contributed by atoms with Crippen molar-refractivity contribution in [3.63, 3.8) is 0 Å². The topological polar surface area (TPSA) is 29.9 Å². The van der Waals surface area contributed by atoms with Crippen LogP contribution in [-0.4, -0.2) is 15.6 Å². The van der Waals surface area contributed by atoms with Crippen molar-refractivity contribution in [1.82, 2.24) is 14.9 Å². The summed E-state index contributed by atoms with van der Waals surface area (Å²) in [6.07, 6.45) is 8.10. The number of nitrogens with one attached hydrogen (secondary N) is 1. The summed E-state index contributed by atoms with van der Waals surface area (Å²) in [6.45, 7) is 9.08. The van der Waals surface area contributed by atoms with E-state index >= 15 is 0 Å². The molecule has 21 heavy (non-hydrogen) atoms. The fourth-order valence-corrected chi connectivity index (χ4v) is 2.54. The summed E-state index contributed by atoms with van der Waals surface area (Å²) in [5.74, 6) is 0.777. The molecule has 1 aromatic heterocycles. The van der Waals surface area contributed by atoms with E-state index in [2.05, 4.69) is 62.3 Å². The summed E-state index contributed by atoms with van der Waals surface area (Å²) < 4.78 is 2.02. The monoisotopic (exact) mass is 285 g/mol. The van der Waals surface area contributed by atoms with Crippen LogP contribution in [0.4, 0.5) is 0 Å². The fraction of sp³-hybridized carbons (Fsp3) is 0.500. The van der Waals surface area contributed by atoms with Crippen LogP contribution in [0.2, 0.25) is 0 Å². The van der Waals surface area contributed by atoms with Gasteiger partial charge in [-0.2, -0.15) is 0 Å². The molecule has 2 atom stereocenters. The van der Waals surface area contributed by atoms with Gasteiger partial charge in [-0.15, -0.1) is 0 Å². The highest BCUT2D eigenvalue weighted by atomic mass is 15.0. The molecule has 1 aromatic carbocycles. The van der Waals surface area contributed by atoms with Gasteiger partial charge < -0.3 is 9.88 Å².